The molecule has 4 heterocycles. The van der Waals surface area contributed by atoms with Gasteiger partial charge < -0.3 is 25.0 Å². The van der Waals surface area contributed by atoms with Crippen LogP contribution in [0.15, 0.2) is 42.5 Å². The third kappa shape index (κ3) is 8.34. The van der Waals surface area contributed by atoms with E-state index >= 15 is 0 Å². The van der Waals surface area contributed by atoms with Gasteiger partial charge in [0.1, 0.15) is 35.6 Å². The second-order valence-corrected chi connectivity index (χ2v) is 18.5. The SMILES string of the molecule is O=C1N[C@H]2CCCCC/C=C\[C@@H]3C[C@@]3(C(=O)NS(=O)(=O)C3CC3)NC(=O)[C@@H]3C[C@H](CN3C2=O)Oc2cc3ccccc3nc2CCCCC[C@@H]2CCC[C@H]2O1. The van der Waals surface area contributed by atoms with Gasteiger partial charge in [0.05, 0.1) is 23.0 Å². The van der Waals surface area contributed by atoms with Crippen molar-refractivity contribution < 1.29 is 37.1 Å². The Morgan fingerprint density at radius 1 is 0.927 bits per heavy atom. The number of sulfonamides is 1. The molecule has 13 nitrogen and oxygen atoms in total. The molecule has 14 heteroatoms. The Hall–Kier alpha value is -4.20. The molecule has 0 radical (unpaired) electrons. The molecule has 3 bridgehead atoms. The molecule has 1 saturated heterocycles. The van der Waals surface area contributed by atoms with Gasteiger partial charge in [-0.25, -0.2) is 18.2 Å². The number of aromatic nitrogens is 1. The van der Waals surface area contributed by atoms with Crippen LogP contribution in [0.25, 0.3) is 10.9 Å². The van der Waals surface area contributed by atoms with Crippen LogP contribution in [-0.2, 0) is 35.6 Å². The zero-order chi connectivity index (χ0) is 38.2. The number of allylic oxidation sites excluding steroid dienone is 1. The van der Waals surface area contributed by atoms with Crippen molar-refractivity contribution in [3.8, 4) is 5.75 Å². The first kappa shape index (κ1) is 37.7. The third-order valence-electron chi connectivity index (χ3n) is 12.5. The monoisotopic (exact) mass is 775 g/mol. The number of para-hydroxylation sites is 1. The lowest BCUT2D eigenvalue weighted by molar-refractivity contribution is -0.141. The van der Waals surface area contributed by atoms with Crippen LogP contribution in [0, 0.1) is 11.8 Å². The fourth-order valence-corrected chi connectivity index (χ4v) is 10.5. The van der Waals surface area contributed by atoms with Crippen LogP contribution in [0.2, 0.25) is 0 Å². The smallest absolute Gasteiger partial charge is 0.408 e. The van der Waals surface area contributed by atoms with E-state index in [0.717, 1.165) is 80.8 Å². The topological polar surface area (TPSA) is 173 Å². The van der Waals surface area contributed by atoms with E-state index in [1.165, 1.54) is 4.90 Å². The van der Waals surface area contributed by atoms with E-state index in [1.807, 2.05) is 42.5 Å². The van der Waals surface area contributed by atoms with E-state index in [4.69, 9.17) is 14.5 Å². The average Bonchev–Trinajstić information content (AvgIpc) is 4.05. The van der Waals surface area contributed by atoms with Crippen LogP contribution in [0.5, 0.6) is 5.75 Å². The van der Waals surface area contributed by atoms with Crippen molar-refractivity contribution in [2.75, 3.05) is 6.54 Å². The number of ether oxygens (including phenoxy) is 2. The molecule has 3 saturated carbocycles. The van der Waals surface area contributed by atoms with Crippen molar-refractivity contribution in [3.05, 3.63) is 48.2 Å². The molecule has 2 aromatic rings. The Morgan fingerprint density at radius 2 is 1.73 bits per heavy atom. The van der Waals surface area contributed by atoms with Gasteiger partial charge in [-0.05, 0) is 95.1 Å². The van der Waals surface area contributed by atoms with E-state index in [2.05, 4.69) is 15.4 Å². The number of nitrogens with zero attached hydrogens (tertiary/aromatic N) is 2. The summed E-state index contributed by atoms with van der Waals surface area (Å²) in [5.41, 5.74) is 0.225. The predicted molar refractivity (Wildman–Crippen MR) is 204 cm³/mol. The quantitative estimate of drug-likeness (QED) is 0.364. The zero-order valence-electron chi connectivity index (χ0n) is 31.4. The molecule has 8 rings (SSSR count). The maximum Gasteiger partial charge on any atom is 0.408 e. The Balaban J connectivity index is 1.13. The van der Waals surface area contributed by atoms with Crippen LogP contribution in [0.3, 0.4) is 0 Å². The van der Waals surface area contributed by atoms with E-state index in [0.29, 0.717) is 37.9 Å². The van der Waals surface area contributed by atoms with Gasteiger partial charge in [-0.3, -0.25) is 19.1 Å². The molecule has 0 unspecified atom stereocenters. The fourth-order valence-electron chi connectivity index (χ4n) is 9.12. The van der Waals surface area contributed by atoms with Gasteiger partial charge in [-0.2, -0.15) is 0 Å². The van der Waals surface area contributed by atoms with Gasteiger partial charge in [0.2, 0.25) is 21.8 Å². The summed E-state index contributed by atoms with van der Waals surface area (Å²) >= 11 is 0. The Kier molecular flexibility index (Phi) is 10.8. The number of aryl methyl sites for hydroxylation is 1. The van der Waals surface area contributed by atoms with Crippen molar-refractivity contribution in [2.24, 2.45) is 11.8 Å². The van der Waals surface area contributed by atoms with Crippen LogP contribution < -0.4 is 20.1 Å². The van der Waals surface area contributed by atoms with Crippen LogP contribution >= 0.6 is 0 Å². The number of carbonyl (C=O) groups excluding carboxylic acids is 4. The number of carbonyl (C=O) groups is 4. The summed E-state index contributed by atoms with van der Waals surface area (Å²) in [6.07, 6.45) is 14.5. The van der Waals surface area contributed by atoms with Gasteiger partial charge in [0.25, 0.3) is 5.91 Å². The molecular formula is C41H53N5O8S. The molecule has 1 aromatic heterocycles. The number of benzene rings is 1. The van der Waals surface area contributed by atoms with Crippen molar-refractivity contribution in [3.63, 3.8) is 0 Å². The minimum absolute atomic E-state index is 0.0691. The van der Waals surface area contributed by atoms with Crippen LogP contribution in [0.1, 0.15) is 108 Å². The van der Waals surface area contributed by atoms with E-state index in [-0.39, 0.29) is 31.4 Å². The van der Waals surface area contributed by atoms with Crippen molar-refractivity contribution in [1.29, 1.82) is 0 Å². The van der Waals surface area contributed by atoms with Gasteiger partial charge in [0.15, 0.2) is 0 Å². The first-order valence-electron chi connectivity index (χ1n) is 20.5. The molecule has 7 atom stereocenters. The second kappa shape index (κ2) is 15.7. The number of amides is 4. The normalized spacial score (nSPS) is 32.8. The Labute approximate surface area is 322 Å². The second-order valence-electron chi connectivity index (χ2n) is 16.6. The fraction of sp³-hybridized carbons (Fsp3) is 0.634. The highest BCUT2D eigenvalue weighted by atomic mass is 32.2. The summed E-state index contributed by atoms with van der Waals surface area (Å²) in [5, 5.41) is 6.15. The minimum atomic E-state index is -3.87. The lowest BCUT2D eigenvalue weighted by atomic mass is 9.97. The average molecular weight is 776 g/mol. The molecular weight excluding hydrogens is 723 g/mol. The molecule has 3 aliphatic carbocycles. The maximum absolute atomic E-state index is 14.7. The highest BCUT2D eigenvalue weighted by molar-refractivity contribution is 7.91. The molecule has 296 valence electrons. The number of fused-ring (bicyclic) bond motifs is 6. The van der Waals surface area contributed by atoms with Crippen LogP contribution in [0.4, 0.5) is 4.79 Å². The number of hydrogen-bond acceptors (Lipinski definition) is 9. The molecule has 3 aliphatic heterocycles. The lowest BCUT2D eigenvalue weighted by Gasteiger charge is -2.30. The lowest BCUT2D eigenvalue weighted by Crippen LogP contribution is -2.58. The summed E-state index contributed by atoms with van der Waals surface area (Å²) in [6.45, 7) is 0.0691. The molecule has 4 fully saturated rings. The Bertz CT molecular complexity index is 1950. The van der Waals surface area contributed by atoms with E-state index < -0.39 is 68.7 Å². The number of pyridine rings is 1. The highest BCUT2D eigenvalue weighted by Gasteiger charge is 2.62. The standard InChI is InChI=1S/C41H53N5O8S/c47-37-34-23-29-25-46(34)38(48)33(18-7-3-1-2-6-15-28-24-41(28,44-37)39(49)45-55(51,52)30-20-21-30)43-40(50)54-35-19-11-14-26(35)12-5-4-8-17-32-36(53-29)22-27-13-9-10-16-31(27)42-32/h6,9-10,13,15-16,22,26,28-30,33-35H,1-5,7-8,11-12,14,17-21,23-25H2,(H,43,50)(H,44,47)(H,45,49)/b15-6-/t26-,28-,29-,33+,34+,35-,41-/m1/s1. The summed E-state index contributed by atoms with van der Waals surface area (Å²) in [6, 6.07) is 7.87. The van der Waals surface area contributed by atoms with Crippen LogP contribution in [-0.4, -0.2) is 83.7 Å². The maximum atomic E-state index is 14.7. The number of hydrogen-bond donors (Lipinski definition) is 3. The largest absolute Gasteiger partial charge is 0.487 e. The summed E-state index contributed by atoms with van der Waals surface area (Å²) in [7, 11) is -3.87. The summed E-state index contributed by atoms with van der Waals surface area (Å²) in [4.78, 5) is 62.9. The zero-order valence-corrected chi connectivity index (χ0v) is 32.2. The van der Waals surface area contributed by atoms with Gasteiger partial charge in [-0.15, -0.1) is 0 Å². The van der Waals surface area contributed by atoms with E-state index in [9.17, 15) is 27.6 Å². The first-order valence-corrected chi connectivity index (χ1v) is 22.0. The van der Waals surface area contributed by atoms with Gasteiger partial charge in [0, 0.05) is 17.7 Å². The van der Waals surface area contributed by atoms with E-state index in [1.54, 1.807) is 0 Å². The summed E-state index contributed by atoms with van der Waals surface area (Å²) in [5.74, 6) is -1.26. The number of rotatable bonds is 3. The van der Waals surface area contributed by atoms with Crippen molar-refractivity contribution in [1.82, 2.24) is 25.2 Å². The molecule has 6 aliphatic rings. The number of alkyl carbamates (subject to hydrolysis) is 1. The van der Waals surface area contributed by atoms with Gasteiger partial charge in [-0.1, -0.05) is 56.0 Å². The summed E-state index contributed by atoms with van der Waals surface area (Å²) < 4.78 is 40.7. The predicted octanol–water partition coefficient (Wildman–Crippen LogP) is 4.97. The van der Waals surface area contributed by atoms with Crippen molar-refractivity contribution >= 4 is 44.7 Å². The van der Waals surface area contributed by atoms with Crippen molar-refractivity contribution in [2.45, 2.75) is 144 Å². The Morgan fingerprint density at radius 3 is 2.58 bits per heavy atom. The first-order chi connectivity index (χ1) is 26.6. The minimum Gasteiger partial charge on any atom is -0.487 e. The third-order valence-corrected chi connectivity index (χ3v) is 14.3. The molecule has 4 amide bonds. The molecule has 1 aromatic carbocycles. The highest BCUT2D eigenvalue weighted by Crippen LogP contribution is 2.46. The molecule has 0 spiro atoms. The number of nitrogens with one attached hydrogen (secondary N) is 3. The molecule has 55 heavy (non-hydrogen) atoms. The molecule has 3 N–H and O–H groups in total. The van der Waals surface area contributed by atoms with Gasteiger partial charge >= 0.3 is 6.09 Å².